The van der Waals surface area contributed by atoms with Crippen LogP contribution in [0.1, 0.15) is 72.3 Å². The number of carbonyl (C=O) groups excluding carboxylic acids is 1. The molecule has 2 aliphatic rings. The molecule has 188 valence electrons. The molecule has 0 fully saturated rings. The van der Waals surface area contributed by atoms with Gasteiger partial charge in [0.15, 0.2) is 0 Å². The molecule has 0 saturated carbocycles. The van der Waals surface area contributed by atoms with Crippen LogP contribution in [-0.2, 0) is 24.1 Å². The van der Waals surface area contributed by atoms with Gasteiger partial charge in [0.1, 0.15) is 11.3 Å². The van der Waals surface area contributed by atoms with Crippen molar-refractivity contribution in [1.82, 2.24) is 9.78 Å². The van der Waals surface area contributed by atoms with Crippen LogP contribution in [0.25, 0.3) is 22.3 Å². The zero-order chi connectivity index (χ0) is 26.2. The minimum Gasteiger partial charge on any atom is -0.477 e. The maximum Gasteiger partial charge on any atom is 0.354 e. The standard InChI is InChI=1S/C28H29BrN2O5/c1-6-22-20(25(26(32)33)31(7-2)30-22)14-19-16-12-13-35-15-21(16)24(29)23(19)17-10-8-9-11-18(17)27(34)36-28(3,4)5/h8-13,15H,6-7,14H2,1-5H3,(H,32,33). The van der Waals surface area contributed by atoms with Crippen molar-refractivity contribution in [3.8, 4) is 22.3 Å². The SMILES string of the molecule is CCc1nn(CC)c(C(=O)O)c1Cc1c2ccocc-2c(Br)c1-c1ccccc1C(=O)OC(C)(C)C. The van der Waals surface area contributed by atoms with Crippen LogP contribution in [0.5, 0.6) is 0 Å². The highest BCUT2D eigenvalue weighted by Crippen LogP contribution is 2.48. The third-order valence-electron chi connectivity index (χ3n) is 6.01. The summed E-state index contributed by atoms with van der Waals surface area (Å²) < 4.78 is 13.5. The number of nitrogens with zero attached hydrogens (tertiary/aromatic N) is 2. The van der Waals surface area contributed by atoms with Crippen LogP contribution < -0.4 is 0 Å². The zero-order valence-corrected chi connectivity index (χ0v) is 22.6. The van der Waals surface area contributed by atoms with Crippen LogP contribution in [0.3, 0.4) is 0 Å². The number of halogens is 1. The Morgan fingerprint density at radius 3 is 2.44 bits per heavy atom. The highest BCUT2D eigenvalue weighted by atomic mass is 79.9. The van der Waals surface area contributed by atoms with E-state index in [-0.39, 0.29) is 5.69 Å². The first-order valence-corrected chi connectivity index (χ1v) is 12.7. The summed E-state index contributed by atoms with van der Waals surface area (Å²) in [4.78, 5) is 25.5. The van der Waals surface area contributed by atoms with Gasteiger partial charge in [-0.2, -0.15) is 5.10 Å². The maximum atomic E-state index is 13.2. The Balaban J connectivity index is 1.98. The molecular weight excluding hydrogens is 524 g/mol. The summed E-state index contributed by atoms with van der Waals surface area (Å²) >= 11 is 3.75. The second-order valence-corrected chi connectivity index (χ2v) is 10.3. The fourth-order valence-corrected chi connectivity index (χ4v) is 5.30. The Bertz CT molecular complexity index is 1410. The fourth-order valence-electron chi connectivity index (χ4n) is 4.54. The highest BCUT2D eigenvalue weighted by Gasteiger charge is 2.30. The molecule has 4 rings (SSSR count). The summed E-state index contributed by atoms with van der Waals surface area (Å²) in [6, 6.07) is 9.17. The number of carboxylic acids is 1. The Morgan fingerprint density at radius 1 is 1.08 bits per heavy atom. The smallest absolute Gasteiger partial charge is 0.354 e. The maximum absolute atomic E-state index is 13.2. The Labute approximate surface area is 218 Å². The van der Waals surface area contributed by atoms with Gasteiger partial charge >= 0.3 is 11.9 Å². The van der Waals surface area contributed by atoms with Gasteiger partial charge in [0.2, 0.25) is 0 Å². The van der Waals surface area contributed by atoms with E-state index in [1.807, 2.05) is 52.8 Å². The number of hydrogen-bond acceptors (Lipinski definition) is 5. The molecule has 0 spiro atoms. The van der Waals surface area contributed by atoms with Gasteiger partial charge in [-0.05, 0) is 78.9 Å². The molecule has 1 aromatic heterocycles. The summed E-state index contributed by atoms with van der Waals surface area (Å²) in [5, 5.41) is 14.6. The van der Waals surface area contributed by atoms with Crippen molar-refractivity contribution in [3.63, 3.8) is 0 Å². The number of carboxylic acid groups (broad SMARTS) is 1. The third kappa shape index (κ3) is 4.69. The number of rotatable bonds is 7. The number of ether oxygens (including phenoxy) is 1. The molecule has 36 heavy (non-hydrogen) atoms. The lowest BCUT2D eigenvalue weighted by atomic mass is 9.93. The van der Waals surface area contributed by atoms with Crippen LogP contribution >= 0.6 is 15.9 Å². The topological polar surface area (TPSA) is 94.6 Å². The van der Waals surface area contributed by atoms with Crippen molar-refractivity contribution in [2.75, 3.05) is 0 Å². The van der Waals surface area contributed by atoms with Crippen molar-refractivity contribution in [1.29, 1.82) is 0 Å². The Hall–Kier alpha value is -3.39. The molecule has 2 heterocycles. The summed E-state index contributed by atoms with van der Waals surface area (Å²) in [6.45, 7) is 9.79. The summed E-state index contributed by atoms with van der Waals surface area (Å²) in [5.41, 5.74) is 5.50. The minimum absolute atomic E-state index is 0.187. The van der Waals surface area contributed by atoms with E-state index in [1.165, 1.54) is 0 Å². The molecule has 0 amide bonds. The second kappa shape index (κ2) is 9.93. The van der Waals surface area contributed by atoms with E-state index in [1.54, 1.807) is 29.3 Å². The first-order chi connectivity index (χ1) is 17.1. The number of hydrogen-bond donors (Lipinski definition) is 1. The average Bonchev–Trinajstić information content (AvgIpc) is 3.33. The molecule has 0 bridgehead atoms. The van der Waals surface area contributed by atoms with Gasteiger partial charge in [0.05, 0.1) is 23.8 Å². The van der Waals surface area contributed by atoms with Crippen LogP contribution in [0.2, 0.25) is 0 Å². The number of aromatic nitrogens is 2. The number of aryl methyl sites for hydroxylation is 2. The summed E-state index contributed by atoms with van der Waals surface area (Å²) in [6.07, 6.45) is 4.17. The minimum atomic E-state index is -1.01. The molecule has 1 aliphatic heterocycles. The number of esters is 1. The van der Waals surface area contributed by atoms with Crippen molar-refractivity contribution < 1.29 is 23.8 Å². The van der Waals surface area contributed by atoms with E-state index < -0.39 is 17.5 Å². The molecule has 7 nitrogen and oxygen atoms in total. The van der Waals surface area contributed by atoms with Crippen LogP contribution in [-0.4, -0.2) is 32.4 Å². The molecule has 0 radical (unpaired) electrons. The summed E-state index contributed by atoms with van der Waals surface area (Å²) in [7, 11) is 0. The molecule has 1 aliphatic carbocycles. The molecule has 0 saturated heterocycles. The van der Waals surface area contributed by atoms with Gasteiger partial charge in [-0.3, -0.25) is 4.68 Å². The van der Waals surface area contributed by atoms with E-state index >= 15 is 0 Å². The predicted molar refractivity (Wildman–Crippen MR) is 141 cm³/mol. The molecule has 2 aromatic rings. The van der Waals surface area contributed by atoms with Gasteiger partial charge in [0.25, 0.3) is 0 Å². The van der Waals surface area contributed by atoms with E-state index in [0.29, 0.717) is 36.1 Å². The number of carbonyl (C=O) groups is 2. The predicted octanol–water partition coefficient (Wildman–Crippen LogP) is 6.84. The zero-order valence-electron chi connectivity index (χ0n) is 21.0. The fraction of sp³-hybridized carbons (Fsp3) is 0.321. The van der Waals surface area contributed by atoms with E-state index in [4.69, 9.17) is 9.15 Å². The lowest BCUT2D eigenvalue weighted by molar-refractivity contribution is 0.00702. The van der Waals surface area contributed by atoms with E-state index in [9.17, 15) is 14.7 Å². The van der Waals surface area contributed by atoms with Gasteiger partial charge in [-0.1, -0.05) is 25.1 Å². The molecule has 0 unspecified atom stereocenters. The molecular formula is C28H29BrN2O5. The number of benzene rings is 1. The van der Waals surface area contributed by atoms with E-state index in [2.05, 4.69) is 21.0 Å². The monoisotopic (exact) mass is 552 g/mol. The second-order valence-electron chi connectivity index (χ2n) is 9.52. The third-order valence-corrected chi connectivity index (χ3v) is 6.84. The Morgan fingerprint density at radius 2 is 1.81 bits per heavy atom. The Kier molecular flexibility index (Phi) is 7.09. The van der Waals surface area contributed by atoms with Gasteiger partial charge in [-0.15, -0.1) is 0 Å². The largest absolute Gasteiger partial charge is 0.477 e. The molecule has 1 aromatic carbocycles. The average molecular weight is 553 g/mol. The van der Waals surface area contributed by atoms with Crippen molar-refractivity contribution in [2.45, 2.75) is 59.6 Å². The number of aromatic carboxylic acids is 1. The first-order valence-electron chi connectivity index (χ1n) is 11.9. The lowest BCUT2D eigenvalue weighted by Crippen LogP contribution is -2.24. The van der Waals surface area contributed by atoms with Crippen molar-refractivity contribution in [3.05, 3.63) is 75.4 Å². The number of fused-ring (bicyclic) bond motifs is 1. The summed E-state index contributed by atoms with van der Waals surface area (Å²) in [5.74, 6) is -1.44. The van der Waals surface area contributed by atoms with Crippen LogP contribution in [0, 0.1) is 0 Å². The van der Waals surface area contributed by atoms with Crippen molar-refractivity contribution >= 4 is 27.9 Å². The molecule has 0 atom stereocenters. The molecule has 8 heteroatoms. The molecule has 1 N–H and O–H groups in total. The lowest BCUT2D eigenvalue weighted by Gasteiger charge is -2.21. The van der Waals surface area contributed by atoms with Crippen molar-refractivity contribution in [2.24, 2.45) is 0 Å². The highest BCUT2D eigenvalue weighted by molar-refractivity contribution is 9.10. The quantitative estimate of drug-likeness (QED) is 0.252. The van der Waals surface area contributed by atoms with Crippen LogP contribution in [0.15, 0.2) is 51.7 Å². The normalized spacial score (nSPS) is 11.7. The van der Waals surface area contributed by atoms with E-state index in [0.717, 1.165) is 32.4 Å². The van der Waals surface area contributed by atoms with Crippen LogP contribution in [0.4, 0.5) is 0 Å². The first kappa shape index (κ1) is 25.7. The van der Waals surface area contributed by atoms with Gasteiger partial charge < -0.3 is 14.3 Å². The van der Waals surface area contributed by atoms with Gasteiger partial charge in [-0.25, -0.2) is 9.59 Å². The van der Waals surface area contributed by atoms with Gasteiger partial charge in [0, 0.05) is 34.1 Å².